The Bertz CT molecular complexity index is 1050. The molecule has 0 bridgehead atoms. The summed E-state index contributed by atoms with van der Waals surface area (Å²) in [6.07, 6.45) is 0. The molecule has 0 heterocycles. The number of ether oxygens (including phenoxy) is 1. The first-order valence-corrected chi connectivity index (χ1v) is 8.27. The van der Waals surface area contributed by atoms with E-state index in [0.29, 0.717) is 5.56 Å². The van der Waals surface area contributed by atoms with Gasteiger partial charge in [-0.3, -0.25) is 10.1 Å². The van der Waals surface area contributed by atoms with Crippen LogP contribution >= 0.6 is 15.9 Å². The van der Waals surface area contributed by atoms with Crippen molar-refractivity contribution in [3.05, 3.63) is 68.9 Å². The zero-order chi connectivity index (χ0) is 17.7. The molecule has 0 aliphatic heterocycles. The molecule has 124 valence electrons. The van der Waals surface area contributed by atoms with Crippen molar-refractivity contribution in [3.8, 4) is 39.1 Å². The molecule has 1 aliphatic rings. The van der Waals surface area contributed by atoms with Crippen molar-refractivity contribution in [2.24, 2.45) is 0 Å². The minimum absolute atomic E-state index is 0.0948. The molecule has 1 aliphatic carbocycles. The molecule has 0 saturated carbocycles. The minimum atomic E-state index is -0.891. The summed E-state index contributed by atoms with van der Waals surface area (Å²) in [5.74, 6) is -0.985. The van der Waals surface area contributed by atoms with Gasteiger partial charge in [0.25, 0.3) is 0 Å². The Morgan fingerprint density at radius 3 is 2.20 bits per heavy atom. The van der Waals surface area contributed by atoms with E-state index in [1.54, 1.807) is 6.07 Å². The van der Waals surface area contributed by atoms with Gasteiger partial charge in [0.1, 0.15) is 0 Å². The largest absolute Gasteiger partial charge is 0.490 e. The van der Waals surface area contributed by atoms with Gasteiger partial charge >= 0.3 is 5.69 Å². The third kappa shape index (κ3) is 2.17. The molecule has 0 unspecified atom stereocenters. The Balaban J connectivity index is 1.98. The molecule has 0 fully saturated rings. The Labute approximate surface area is 151 Å². The van der Waals surface area contributed by atoms with Gasteiger partial charge in [-0.2, -0.15) is 4.39 Å². The fraction of sp³-hybridized carbons (Fsp3) is 0.0526. The van der Waals surface area contributed by atoms with E-state index in [2.05, 4.69) is 15.9 Å². The van der Waals surface area contributed by atoms with Crippen LogP contribution in [-0.4, -0.2) is 12.0 Å². The molecule has 25 heavy (non-hydrogen) atoms. The zero-order valence-electron chi connectivity index (χ0n) is 13.0. The number of hydrogen-bond donors (Lipinski definition) is 0. The Morgan fingerprint density at radius 1 is 0.960 bits per heavy atom. The summed E-state index contributed by atoms with van der Waals surface area (Å²) in [6, 6.07) is 14.4. The second-order valence-corrected chi connectivity index (χ2v) is 6.48. The highest BCUT2D eigenvalue weighted by Crippen LogP contribution is 2.55. The summed E-state index contributed by atoms with van der Waals surface area (Å²) >= 11 is 3.53. The fourth-order valence-electron chi connectivity index (χ4n) is 3.30. The normalized spacial score (nSPS) is 11.3. The highest BCUT2D eigenvalue weighted by molar-refractivity contribution is 9.10. The average molecular weight is 400 g/mol. The van der Waals surface area contributed by atoms with E-state index in [0.717, 1.165) is 26.7 Å². The molecule has 0 spiro atoms. The lowest BCUT2D eigenvalue weighted by molar-refractivity contribution is -0.388. The highest BCUT2D eigenvalue weighted by Gasteiger charge is 2.31. The predicted octanol–water partition coefficient (Wildman–Crippen LogP) is 5.82. The summed E-state index contributed by atoms with van der Waals surface area (Å²) < 4.78 is 20.8. The lowest BCUT2D eigenvalue weighted by atomic mass is 9.76. The van der Waals surface area contributed by atoms with E-state index >= 15 is 0 Å². The summed E-state index contributed by atoms with van der Waals surface area (Å²) in [6.45, 7) is 0. The second kappa shape index (κ2) is 5.67. The lowest BCUT2D eigenvalue weighted by Crippen LogP contribution is -2.04. The van der Waals surface area contributed by atoms with E-state index in [1.807, 2.05) is 30.3 Å². The SMILES string of the molecule is COc1ccc(-c2cccc3c2-c2c(Br)cccc2-3)c(F)c1[N+](=O)[O-]. The van der Waals surface area contributed by atoms with Gasteiger partial charge < -0.3 is 4.74 Å². The van der Waals surface area contributed by atoms with E-state index in [9.17, 15) is 14.5 Å². The highest BCUT2D eigenvalue weighted by atomic mass is 79.9. The van der Waals surface area contributed by atoms with Gasteiger partial charge in [-0.05, 0) is 40.5 Å². The predicted molar refractivity (Wildman–Crippen MR) is 97.2 cm³/mol. The number of nitro groups is 1. The van der Waals surface area contributed by atoms with Gasteiger partial charge in [0.15, 0.2) is 5.75 Å². The van der Waals surface area contributed by atoms with Crippen LogP contribution in [0, 0.1) is 15.9 Å². The van der Waals surface area contributed by atoms with Crippen molar-refractivity contribution in [1.29, 1.82) is 0 Å². The first-order chi connectivity index (χ1) is 12.0. The quantitative estimate of drug-likeness (QED) is 0.322. The summed E-state index contributed by atoms with van der Waals surface area (Å²) in [7, 11) is 1.28. The molecule has 4 nitrogen and oxygen atoms in total. The molecule has 3 aromatic rings. The molecule has 0 N–H and O–H groups in total. The third-order valence-electron chi connectivity index (χ3n) is 4.39. The molecular formula is C19H11BrFNO3. The number of nitrogens with zero attached hydrogens (tertiary/aromatic N) is 1. The smallest absolute Gasteiger partial charge is 0.346 e. The molecule has 3 aromatic carbocycles. The third-order valence-corrected chi connectivity index (χ3v) is 5.05. The van der Waals surface area contributed by atoms with Crippen molar-refractivity contribution < 1.29 is 14.1 Å². The van der Waals surface area contributed by atoms with Crippen LogP contribution in [0.2, 0.25) is 0 Å². The zero-order valence-corrected chi connectivity index (χ0v) is 14.6. The van der Waals surface area contributed by atoms with E-state index in [4.69, 9.17) is 4.74 Å². The number of fused-ring (bicyclic) bond motifs is 4. The maximum atomic E-state index is 14.9. The second-order valence-electron chi connectivity index (χ2n) is 5.63. The molecule has 0 saturated heterocycles. The lowest BCUT2D eigenvalue weighted by Gasteiger charge is -2.28. The number of halogens is 2. The average Bonchev–Trinajstić information content (AvgIpc) is 2.58. The number of hydrogen-bond acceptors (Lipinski definition) is 3. The van der Waals surface area contributed by atoms with Gasteiger partial charge in [-0.15, -0.1) is 0 Å². The Morgan fingerprint density at radius 2 is 1.56 bits per heavy atom. The van der Waals surface area contributed by atoms with Crippen LogP contribution in [-0.2, 0) is 0 Å². The molecule has 0 aromatic heterocycles. The molecule has 4 rings (SSSR count). The summed E-state index contributed by atoms with van der Waals surface area (Å²) in [4.78, 5) is 10.5. The Kier molecular flexibility index (Phi) is 3.58. The van der Waals surface area contributed by atoms with Crippen LogP contribution in [0.25, 0.3) is 33.4 Å². The topological polar surface area (TPSA) is 52.4 Å². The number of nitro benzene ring substituents is 1. The Hall–Kier alpha value is -2.73. The minimum Gasteiger partial charge on any atom is -0.490 e. The van der Waals surface area contributed by atoms with Crippen LogP contribution in [0.5, 0.6) is 5.75 Å². The first kappa shape index (κ1) is 15.8. The van der Waals surface area contributed by atoms with Crippen LogP contribution in [0.3, 0.4) is 0 Å². The van der Waals surface area contributed by atoms with E-state index in [-0.39, 0.29) is 11.3 Å². The van der Waals surface area contributed by atoms with E-state index in [1.165, 1.54) is 19.2 Å². The standard InChI is InChI=1S/C19H11BrFNO3/c1-25-15-9-8-13(18(21)19(15)22(23)24)12-5-2-4-10-11-6-3-7-14(20)17(11)16(10)12/h2-9H,1H3. The summed E-state index contributed by atoms with van der Waals surface area (Å²) in [5.41, 5.74) is 4.13. The van der Waals surface area contributed by atoms with Gasteiger partial charge in [-0.1, -0.05) is 46.3 Å². The number of methoxy groups -OCH3 is 1. The maximum Gasteiger partial charge on any atom is 0.346 e. The van der Waals surface area contributed by atoms with Crippen molar-refractivity contribution in [2.45, 2.75) is 0 Å². The van der Waals surface area contributed by atoms with Gasteiger partial charge in [0, 0.05) is 15.6 Å². The number of benzene rings is 3. The van der Waals surface area contributed by atoms with Gasteiger partial charge in [0.05, 0.1) is 12.0 Å². The molecule has 0 amide bonds. The van der Waals surface area contributed by atoms with Gasteiger partial charge in [-0.25, -0.2) is 0 Å². The van der Waals surface area contributed by atoms with Crippen molar-refractivity contribution in [3.63, 3.8) is 0 Å². The van der Waals surface area contributed by atoms with Crippen molar-refractivity contribution in [2.75, 3.05) is 7.11 Å². The van der Waals surface area contributed by atoms with Crippen molar-refractivity contribution in [1.82, 2.24) is 0 Å². The number of rotatable bonds is 3. The van der Waals surface area contributed by atoms with Gasteiger partial charge in [0.2, 0.25) is 5.82 Å². The first-order valence-electron chi connectivity index (χ1n) is 7.48. The van der Waals surface area contributed by atoms with Crippen LogP contribution in [0.4, 0.5) is 10.1 Å². The van der Waals surface area contributed by atoms with Crippen LogP contribution in [0.1, 0.15) is 0 Å². The molecule has 6 heteroatoms. The van der Waals surface area contributed by atoms with E-state index < -0.39 is 16.4 Å². The van der Waals surface area contributed by atoms with Crippen molar-refractivity contribution >= 4 is 21.6 Å². The maximum absolute atomic E-state index is 14.9. The fourth-order valence-corrected chi connectivity index (χ4v) is 3.86. The summed E-state index contributed by atoms with van der Waals surface area (Å²) in [5, 5.41) is 11.3. The van der Waals surface area contributed by atoms with Crippen LogP contribution in [0.15, 0.2) is 53.0 Å². The molecule has 0 atom stereocenters. The van der Waals surface area contributed by atoms with Crippen LogP contribution < -0.4 is 4.74 Å². The molecule has 0 radical (unpaired) electrons. The molecular weight excluding hydrogens is 389 g/mol. The monoisotopic (exact) mass is 399 g/mol.